The molecular formula is C43H53N5O9S. The average Bonchev–Trinajstić information content (AvgIpc) is 3.43. The van der Waals surface area contributed by atoms with Gasteiger partial charge in [0.15, 0.2) is 0 Å². The molecule has 0 spiro atoms. The van der Waals surface area contributed by atoms with E-state index in [1.54, 1.807) is 33.9 Å². The van der Waals surface area contributed by atoms with Gasteiger partial charge in [0.05, 0.1) is 30.1 Å². The van der Waals surface area contributed by atoms with Gasteiger partial charge < -0.3 is 29.7 Å². The second kappa shape index (κ2) is 16.2. The van der Waals surface area contributed by atoms with Gasteiger partial charge in [-0.2, -0.15) is 0 Å². The molecule has 1 unspecified atom stereocenters. The third-order valence-electron chi connectivity index (χ3n) is 11.8. The number of carbonyl (C=O) groups is 4. The molecule has 4 amide bonds. The minimum Gasteiger partial charge on any atom is -0.497 e. The number of methoxy groups -OCH3 is 1. The van der Waals surface area contributed by atoms with Crippen LogP contribution in [-0.2, 0) is 29.1 Å². The molecular weight excluding hydrogens is 763 g/mol. The largest absolute Gasteiger partial charge is 0.497 e. The highest BCUT2D eigenvalue weighted by molar-refractivity contribution is 7.90. The van der Waals surface area contributed by atoms with Gasteiger partial charge in [0, 0.05) is 35.4 Å². The van der Waals surface area contributed by atoms with Crippen LogP contribution in [0.2, 0.25) is 0 Å². The van der Waals surface area contributed by atoms with Gasteiger partial charge in [-0.15, -0.1) is 6.58 Å². The molecule has 2 aromatic carbocycles. The Morgan fingerprint density at radius 1 is 1.00 bits per heavy atom. The van der Waals surface area contributed by atoms with Crippen LogP contribution in [0.5, 0.6) is 11.5 Å². The zero-order valence-corrected chi connectivity index (χ0v) is 34.3. The van der Waals surface area contributed by atoms with Gasteiger partial charge >= 0.3 is 6.09 Å². The summed E-state index contributed by atoms with van der Waals surface area (Å²) in [5.41, 5.74) is -0.255. The number of aromatic nitrogens is 1. The number of benzene rings is 2. The van der Waals surface area contributed by atoms with Crippen LogP contribution in [0.1, 0.15) is 78.6 Å². The maximum atomic E-state index is 14.8. The van der Waals surface area contributed by atoms with Gasteiger partial charge in [-0.25, -0.2) is 18.2 Å². The van der Waals surface area contributed by atoms with Crippen molar-refractivity contribution in [2.45, 2.75) is 113 Å². The predicted octanol–water partition coefficient (Wildman–Crippen LogP) is 5.40. The third kappa shape index (κ3) is 8.64. The van der Waals surface area contributed by atoms with E-state index < -0.39 is 74.3 Å². The molecule has 1 saturated heterocycles. The number of pyridine rings is 1. The maximum Gasteiger partial charge on any atom is 0.408 e. The van der Waals surface area contributed by atoms with Crippen molar-refractivity contribution in [3.05, 3.63) is 67.3 Å². The summed E-state index contributed by atoms with van der Waals surface area (Å²) in [6.07, 6.45) is 5.10. The van der Waals surface area contributed by atoms with E-state index in [1.165, 1.54) is 11.0 Å². The van der Waals surface area contributed by atoms with Gasteiger partial charge in [-0.3, -0.25) is 19.1 Å². The molecule has 7 rings (SSSR count). The first-order valence-corrected chi connectivity index (χ1v) is 21.7. The summed E-state index contributed by atoms with van der Waals surface area (Å²) in [5, 5.41) is 5.72. The van der Waals surface area contributed by atoms with Crippen LogP contribution >= 0.6 is 0 Å². The highest BCUT2D eigenvalue weighted by Gasteiger charge is 2.62. The molecule has 310 valence electrons. The zero-order valence-electron chi connectivity index (χ0n) is 33.5. The second-order valence-corrected chi connectivity index (χ2v) is 18.9. The Hall–Kier alpha value is -5.18. The lowest BCUT2D eigenvalue weighted by molar-refractivity contribution is -0.142. The summed E-state index contributed by atoms with van der Waals surface area (Å²) < 4.78 is 46.1. The van der Waals surface area contributed by atoms with Gasteiger partial charge in [0.1, 0.15) is 40.8 Å². The first-order chi connectivity index (χ1) is 27.6. The Labute approximate surface area is 339 Å². The van der Waals surface area contributed by atoms with Gasteiger partial charge in [-0.1, -0.05) is 55.7 Å². The fourth-order valence-electron chi connectivity index (χ4n) is 8.32. The topological polar surface area (TPSA) is 182 Å². The van der Waals surface area contributed by atoms with Gasteiger partial charge in [0.2, 0.25) is 21.8 Å². The van der Waals surface area contributed by atoms with E-state index >= 15 is 0 Å². The minimum atomic E-state index is -3.95. The Bertz CT molecular complexity index is 2180. The molecule has 3 N–H and O–H groups in total. The van der Waals surface area contributed by atoms with Crippen molar-refractivity contribution in [1.82, 2.24) is 25.2 Å². The van der Waals surface area contributed by atoms with Gasteiger partial charge in [0.25, 0.3) is 5.91 Å². The number of alkyl carbamates (subject to hydrolysis) is 1. The second-order valence-electron chi connectivity index (χ2n) is 16.9. The highest BCUT2D eigenvalue weighted by Crippen LogP contribution is 2.46. The molecule has 1 aliphatic heterocycles. The lowest BCUT2D eigenvalue weighted by Crippen LogP contribution is -2.59. The molecule has 1 aromatic heterocycles. The zero-order chi connectivity index (χ0) is 41.4. The first kappa shape index (κ1) is 41.0. The Balaban J connectivity index is 1.21. The SMILES string of the molecule is C=CC1C[C@]1(NC(=O)[C@@H]1C[C@@H](Oc2cc(-c3ccccc3)nc3cc(OC)ccc23)CN1C(=O)[C@@H](NC(=O)OC(C)(C)C)C1CCCC1)C(=O)NS(=O)(=O)C1CCC1. The first-order valence-electron chi connectivity index (χ1n) is 20.1. The standard InChI is InChI=1S/C43H53N5O9S/c1-6-28-24-43(28,40(51)47-58(53,54)31-17-12-18-31)46-38(49)35-22-30(25-48(35)39(50)37(27-15-10-11-16-27)45-41(52)57-42(2,3)4)56-36-23-33(26-13-8-7-9-14-26)44-34-21-29(55-5)19-20-32(34)36/h6-9,13-14,19-21,23,27-28,30-31,35,37H,1,10-12,15-18,22,24-25H2,2-5H3,(H,45,52)(H,46,49)(H,47,51)/t28?,30-,35+,37+,43-/m1/s1. The van der Waals surface area contributed by atoms with Crippen LogP contribution in [0.3, 0.4) is 0 Å². The van der Waals surface area contributed by atoms with Crippen LogP contribution in [0.4, 0.5) is 4.79 Å². The minimum absolute atomic E-state index is 0.0169. The fourth-order valence-corrected chi connectivity index (χ4v) is 9.88. The predicted molar refractivity (Wildman–Crippen MR) is 217 cm³/mol. The molecule has 15 heteroatoms. The molecule has 14 nitrogen and oxygen atoms in total. The monoisotopic (exact) mass is 815 g/mol. The Kier molecular flexibility index (Phi) is 11.5. The number of nitrogens with zero attached hydrogens (tertiary/aromatic N) is 2. The summed E-state index contributed by atoms with van der Waals surface area (Å²) in [5.74, 6) is -1.57. The third-order valence-corrected chi connectivity index (χ3v) is 13.6. The lowest BCUT2D eigenvalue weighted by Gasteiger charge is -2.32. The number of amides is 4. The van der Waals surface area contributed by atoms with E-state index in [4.69, 9.17) is 19.2 Å². The number of hydrogen-bond acceptors (Lipinski definition) is 10. The van der Waals surface area contributed by atoms with Crippen molar-refractivity contribution in [2.24, 2.45) is 11.8 Å². The van der Waals surface area contributed by atoms with Crippen LogP contribution in [0.25, 0.3) is 22.2 Å². The van der Waals surface area contributed by atoms with Crippen molar-refractivity contribution in [3.63, 3.8) is 0 Å². The van der Waals surface area contributed by atoms with E-state index in [0.717, 1.165) is 24.8 Å². The molecule has 5 atom stereocenters. The summed E-state index contributed by atoms with van der Waals surface area (Å²) in [4.78, 5) is 62.6. The van der Waals surface area contributed by atoms with Crippen molar-refractivity contribution in [1.29, 1.82) is 0 Å². The van der Waals surface area contributed by atoms with Crippen molar-refractivity contribution < 1.29 is 41.8 Å². The molecule has 58 heavy (non-hydrogen) atoms. The van der Waals surface area contributed by atoms with E-state index in [2.05, 4.69) is 21.9 Å². The van der Waals surface area contributed by atoms with Crippen molar-refractivity contribution in [2.75, 3.05) is 13.7 Å². The number of rotatable bonds is 13. The molecule has 0 radical (unpaired) electrons. The van der Waals surface area contributed by atoms with E-state index in [-0.39, 0.29) is 25.3 Å². The average molecular weight is 816 g/mol. The number of carbonyl (C=O) groups excluding carboxylic acids is 4. The number of ether oxygens (including phenoxy) is 3. The Morgan fingerprint density at radius 3 is 2.34 bits per heavy atom. The molecule has 3 saturated carbocycles. The van der Waals surface area contributed by atoms with Gasteiger partial charge in [-0.05, 0) is 70.9 Å². The van der Waals surface area contributed by atoms with Crippen LogP contribution in [-0.4, -0.2) is 90.3 Å². The number of sulfonamides is 1. The quantitative estimate of drug-likeness (QED) is 0.189. The smallest absolute Gasteiger partial charge is 0.408 e. The molecule has 3 aliphatic carbocycles. The summed E-state index contributed by atoms with van der Waals surface area (Å²) in [6, 6.07) is 14.8. The van der Waals surface area contributed by atoms with E-state index in [9.17, 15) is 27.6 Å². The summed E-state index contributed by atoms with van der Waals surface area (Å²) in [6.45, 7) is 9.02. The van der Waals surface area contributed by atoms with Crippen LogP contribution in [0, 0.1) is 11.8 Å². The summed E-state index contributed by atoms with van der Waals surface area (Å²) >= 11 is 0. The lowest BCUT2D eigenvalue weighted by atomic mass is 9.96. The molecule has 2 heterocycles. The molecule has 4 aliphatic rings. The van der Waals surface area contributed by atoms with E-state index in [0.29, 0.717) is 53.8 Å². The molecule has 0 bridgehead atoms. The number of hydrogen-bond donors (Lipinski definition) is 3. The van der Waals surface area contributed by atoms with Crippen LogP contribution < -0.4 is 24.8 Å². The fraction of sp³-hybridized carbons (Fsp3) is 0.512. The highest BCUT2D eigenvalue weighted by atomic mass is 32.2. The number of nitrogens with one attached hydrogen (secondary N) is 3. The van der Waals surface area contributed by atoms with Crippen LogP contribution in [0.15, 0.2) is 67.3 Å². The maximum absolute atomic E-state index is 14.8. The summed E-state index contributed by atoms with van der Waals surface area (Å²) in [7, 11) is -2.37. The van der Waals surface area contributed by atoms with E-state index in [1.807, 2.05) is 48.5 Å². The molecule has 4 fully saturated rings. The number of likely N-dealkylation sites (tertiary alicyclic amines) is 1. The van der Waals surface area contributed by atoms with Crippen molar-refractivity contribution in [3.8, 4) is 22.8 Å². The molecule has 3 aromatic rings. The Morgan fingerprint density at radius 2 is 1.72 bits per heavy atom. The normalized spacial score (nSPS) is 24.0. The van der Waals surface area contributed by atoms with Crippen molar-refractivity contribution >= 4 is 44.7 Å². The number of fused-ring (bicyclic) bond motifs is 1.